The van der Waals surface area contributed by atoms with Crippen molar-refractivity contribution in [3.63, 3.8) is 0 Å². The normalized spacial score (nSPS) is 15.1. The van der Waals surface area contributed by atoms with Crippen molar-refractivity contribution in [2.45, 2.75) is 19.4 Å². The van der Waals surface area contributed by atoms with Gasteiger partial charge in [0.2, 0.25) is 5.95 Å². The zero-order valence-electron chi connectivity index (χ0n) is 19.1. The van der Waals surface area contributed by atoms with Crippen LogP contribution < -0.4 is 4.90 Å². The van der Waals surface area contributed by atoms with Gasteiger partial charge in [-0.25, -0.2) is 9.38 Å². The van der Waals surface area contributed by atoms with Gasteiger partial charge in [0, 0.05) is 56.9 Å². The Morgan fingerprint density at radius 1 is 0.735 bits per heavy atom. The maximum absolute atomic E-state index is 5.13. The van der Waals surface area contributed by atoms with Crippen molar-refractivity contribution >= 4 is 22.5 Å². The van der Waals surface area contributed by atoms with Crippen molar-refractivity contribution in [3.05, 3.63) is 96.1 Å². The molecule has 170 valence electrons. The minimum absolute atomic E-state index is 0.719. The lowest BCUT2D eigenvalue weighted by molar-refractivity contribution is 0.285. The Bertz CT molecular complexity index is 1400. The highest BCUT2D eigenvalue weighted by Crippen LogP contribution is 2.26. The molecule has 0 bridgehead atoms. The monoisotopic (exact) mass is 449 g/mol. The van der Waals surface area contributed by atoms with Gasteiger partial charge in [0.25, 0.3) is 0 Å². The average Bonchev–Trinajstić information content (AvgIpc) is 3.16. The molecule has 1 aliphatic rings. The van der Waals surface area contributed by atoms with Gasteiger partial charge in [-0.1, -0.05) is 42.5 Å². The largest absolute Gasteiger partial charge is 0.341 e. The van der Waals surface area contributed by atoms with Crippen molar-refractivity contribution in [2.75, 3.05) is 31.1 Å². The van der Waals surface area contributed by atoms with Crippen LogP contribution in [0.1, 0.15) is 23.4 Å². The molecule has 0 N–H and O–H groups in total. The van der Waals surface area contributed by atoms with E-state index in [0.717, 1.165) is 73.9 Å². The van der Waals surface area contributed by atoms with Gasteiger partial charge in [-0.3, -0.25) is 9.88 Å². The molecule has 0 saturated carbocycles. The Kier molecular flexibility index (Phi) is 5.61. The smallest absolute Gasteiger partial charge is 0.213 e. The van der Waals surface area contributed by atoms with Crippen molar-refractivity contribution in [1.29, 1.82) is 0 Å². The second kappa shape index (κ2) is 9.19. The Labute approximate surface area is 198 Å². The molecule has 1 fully saturated rings. The van der Waals surface area contributed by atoms with Gasteiger partial charge in [-0.05, 0) is 41.8 Å². The van der Waals surface area contributed by atoms with Gasteiger partial charge >= 0.3 is 0 Å². The van der Waals surface area contributed by atoms with Crippen LogP contribution in [0, 0.1) is 0 Å². The SMILES string of the molecule is c1ccc(Cc2nnc3c4ccccc4nc(N4CCCN(Cc5ccncc5)CC4)n23)cc1. The molecule has 0 unspecified atom stereocenters. The van der Waals surface area contributed by atoms with E-state index in [2.05, 4.69) is 77.9 Å². The number of hydrogen-bond donors (Lipinski definition) is 0. The predicted octanol–water partition coefficient (Wildman–Crippen LogP) is 3.98. The quantitative estimate of drug-likeness (QED) is 0.405. The Hall–Kier alpha value is -3.84. The molecule has 1 aliphatic heterocycles. The third-order valence-corrected chi connectivity index (χ3v) is 6.53. The van der Waals surface area contributed by atoms with Crippen LogP contribution in [-0.4, -0.2) is 55.6 Å². The lowest BCUT2D eigenvalue weighted by atomic mass is 10.1. The van der Waals surface area contributed by atoms with Gasteiger partial charge < -0.3 is 4.90 Å². The first-order valence-electron chi connectivity index (χ1n) is 11.9. The number of benzene rings is 2. The molecule has 5 aromatic rings. The number of rotatable bonds is 5. The number of pyridine rings is 1. The summed E-state index contributed by atoms with van der Waals surface area (Å²) >= 11 is 0. The third-order valence-electron chi connectivity index (χ3n) is 6.53. The predicted molar refractivity (Wildman–Crippen MR) is 134 cm³/mol. The highest BCUT2D eigenvalue weighted by Gasteiger charge is 2.22. The summed E-state index contributed by atoms with van der Waals surface area (Å²) in [6.07, 6.45) is 5.54. The van der Waals surface area contributed by atoms with E-state index >= 15 is 0 Å². The summed E-state index contributed by atoms with van der Waals surface area (Å²) in [5.41, 5.74) is 4.36. The van der Waals surface area contributed by atoms with Crippen molar-refractivity contribution in [2.24, 2.45) is 0 Å². The van der Waals surface area contributed by atoms with Crippen LogP contribution >= 0.6 is 0 Å². The molecule has 0 radical (unpaired) electrons. The summed E-state index contributed by atoms with van der Waals surface area (Å²) < 4.78 is 2.17. The summed E-state index contributed by atoms with van der Waals surface area (Å²) in [6, 6.07) is 22.9. The second-order valence-electron chi connectivity index (χ2n) is 8.84. The molecule has 0 amide bonds. The zero-order valence-corrected chi connectivity index (χ0v) is 19.1. The van der Waals surface area contributed by atoms with Crippen LogP contribution in [-0.2, 0) is 13.0 Å². The van der Waals surface area contributed by atoms with Crippen LogP contribution in [0.25, 0.3) is 16.6 Å². The lowest BCUT2D eigenvalue weighted by Crippen LogP contribution is -2.32. The first-order chi connectivity index (χ1) is 16.8. The van der Waals surface area contributed by atoms with Gasteiger partial charge in [0.05, 0.1) is 5.52 Å². The van der Waals surface area contributed by atoms with E-state index in [4.69, 9.17) is 4.98 Å². The summed E-state index contributed by atoms with van der Waals surface area (Å²) in [5, 5.41) is 10.3. The highest BCUT2D eigenvalue weighted by molar-refractivity contribution is 5.92. The summed E-state index contributed by atoms with van der Waals surface area (Å²) in [6.45, 7) is 4.86. The van der Waals surface area contributed by atoms with Gasteiger partial charge in [-0.2, -0.15) is 0 Å². The maximum Gasteiger partial charge on any atom is 0.213 e. The summed E-state index contributed by atoms with van der Waals surface area (Å²) in [4.78, 5) is 14.2. The average molecular weight is 450 g/mol. The third kappa shape index (κ3) is 4.10. The molecule has 7 heteroatoms. The molecule has 6 rings (SSSR count). The molecular weight excluding hydrogens is 422 g/mol. The number of aromatic nitrogens is 5. The first-order valence-corrected chi connectivity index (χ1v) is 11.9. The Balaban J connectivity index is 1.36. The molecule has 7 nitrogen and oxygen atoms in total. The van der Waals surface area contributed by atoms with Crippen LogP contribution in [0.4, 0.5) is 5.95 Å². The molecule has 2 aromatic carbocycles. The van der Waals surface area contributed by atoms with E-state index in [9.17, 15) is 0 Å². The molecule has 3 aromatic heterocycles. The summed E-state index contributed by atoms with van der Waals surface area (Å²) in [5.74, 6) is 1.86. The van der Waals surface area contributed by atoms with Gasteiger partial charge in [0.1, 0.15) is 5.82 Å². The maximum atomic E-state index is 5.13. The van der Waals surface area contributed by atoms with Gasteiger partial charge in [0.15, 0.2) is 5.65 Å². The first kappa shape index (κ1) is 20.7. The highest BCUT2D eigenvalue weighted by atomic mass is 15.4. The topological polar surface area (TPSA) is 62.5 Å². The van der Waals surface area contributed by atoms with Crippen LogP contribution in [0.3, 0.4) is 0 Å². The van der Waals surface area contributed by atoms with Crippen LogP contribution in [0.2, 0.25) is 0 Å². The van der Waals surface area contributed by atoms with E-state index < -0.39 is 0 Å². The van der Waals surface area contributed by atoms with E-state index in [0.29, 0.717) is 0 Å². The lowest BCUT2D eigenvalue weighted by Gasteiger charge is -2.24. The molecule has 34 heavy (non-hydrogen) atoms. The van der Waals surface area contributed by atoms with Gasteiger partial charge in [-0.15, -0.1) is 10.2 Å². The molecule has 0 atom stereocenters. The fourth-order valence-electron chi connectivity index (χ4n) is 4.80. The second-order valence-corrected chi connectivity index (χ2v) is 8.84. The van der Waals surface area contributed by atoms with E-state index in [1.807, 2.05) is 30.6 Å². The molecule has 1 saturated heterocycles. The van der Waals surface area contributed by atoms with E-state index in [1.54, 1.807) is 0 Å². The molecular formula is C27H27N7. The number of hydrogen-bond acceptors (Lipinski definition) is 6. The van der Waals surface area contributed by atoms with E-state index in [1.165, 1.54) is 11.1 Å². The number of para-hydroxylation sites is 1. The minimum atomic E-state index is 0.719. The van der Waals surface area contributed by atoms with Crippen LogP contribution in [0.15, 0.2) is 79.1 Å². The Morgan fingerprint density at radius 2 is 1.56 bits per heavy atom. The summed E-state index contributed by atoms with van der Waals surface area (Å²) in [7, 11) is 0. The number of nitrogens with zero attached hydrogens (tertiary/aromatic N) is 7. The standard InChI is InChI=1S/C27H27N7/c1-2-7-21(8-3-1)19-25-30-31-26-23-9-4-5-10-24(23)29-27(34(25)26)33-16-6-15-32(17-18-33)20-22-11-13-28-14-12-22/h1-5,7-14H,6,15-20H2. The van der Waals surface area contributed by atoms with E-state index in [-0.39, 0.29) is 0 Å². The minimum Gasteiger partial charge on any atom is -0.341 e. The Morgan fingerprint density at radius 3 is 2.44 bits per heavy atom. The zero-order chi connectivity index (χ0) is 22.7. The van der Waals surface area contributed by atoms with Crippen molar-refractivity contribution in [3.8, 4) is 0 Å². The molecule has 4 heterocycles. The number of anilines is 1. The molecule has 0 spiro atoms. The fraction of sp³-hybridized carbons (Fsp3) is 0.259. The van der Waals surface area contributed by atoms with Crippen molar-refractivity contribution < 1.29 is 0 Å². The number of fused-ring (bicyclic) bond motifs is 3. The van der Waals surface area contributed by atoms with Crippen LogP contribution in [0.5, 0.6) is 0 Å². The molecule has 0 aliphatic carbocycles. The fourth-order valence-corrected chi connectivity index (χ4v) is 4.80. The van der Waals surface area contributed by atoms with Crippen molar-refractivity contribution in [1.82, 2.24) is 29.5 Å².